The number of ether oxygens (including phenoxy) is 1. The summed E-state index contributed by atoms with van der Waals surface area (Å²) in [5, 5.41) is 9.28. The molecular formula is C12H19NO2. The highest BCUT2D eigenvalue weighted by Crippen LogP contribution is 2.25. The topological polar surface area (TPSA) is 32.7 Å². The SMILES string of the molecule is COc1cccc(N(C)C(C)(C)CO)c1. The molecule has 84 valence electrons. The molecule has 0 heterocycles. The highest BCUT2D eigenvalue weighted by molar-refractivity contribution is 5.52. The number of benzene rings is 1. The zero-order valence-corrected chi connectivity index (χ0v) is 9.82. The Balaban J connectivity index is 2.95. The summed E-state index contributed by atoms with van der Waals surface area (Å²) < 4.78 is 5.16. The molecule has 0 radical (unpaired) electrons. The summed E-state index contributed by atoms with van der Waals surface area (Å²) in [6, 6.07) is 7.80. The van der Waals surface area contributed by atoms with Gasteiger partial charge < -0.3 is 14.7 Å². The summed E-state index contributed by atoms with van der Waals surface area (Å²) in [5.74, 6) is 0.827. The van der Waals surface area contributed by atoms with Crippen LogP contribution in [-0.2, 0) is 0 Å². The predicted octanol–water partition coefficient (Wildman–Crippen LogP) is 1.90. The molecule has 1 aromatic carbocycles. The molecule has 0 saturated heterocycles. The van der Waals surface area contributed by atoms with Crippen molar-refractivity contribution in [2.24, 2.45) is 0 Å². The quantitative estimate of drug-likeness (QED) is 0.822. The van der Waals surface area contributed by atoms with Gasteiger partial charge in [0.05, 0.1) is 19.3 Å². The summed E-state index contributed by atoms with van der Waals surface area (Å²) in [6.07, 6.45) is 0. The van der Waals surface area contributed by atoms with Gasteiger partial charge in [0.15, 0.2) is 0 Å². The van der Waals surface area contributed by atoms with Gasteiger partial charge in [-0.25, -0.2) is 0 Å². The van der Waals surface area contributed by atoms with E-state index in [-0.39, 0.29) is 12.1 Å². The molecule has 0 aromatic heterocycles. The van der Waals surface area contributed by atoms with Gasteiger partial charge >= 0.3 is 0 Å². The van der Waals surface area contributed by atoms with E-state index in [1.165, 1.54) is 0 Å². The third-order valence-corrected chi connectivity index (χ3v) is 2.74. The van der Waals surface area contributed by atoms with Crippen molar-refractivity contribution in [3.8, 4) is 5.75 Å². The molecule has 0 fully saturated rings. The predicted molar refractivity (Wildman–Crippen MR) is 62.6 cm³/mol. The van der Waals surface area contributed by atoms with Crippen molar-refractivity contribution in [3.63, 3.8) is 0 Å². The van der Waals surface area contributed by atoms with Gasteiger partial charge in [-0.15, -0.1) is 0 Å². The molecule has 1 N–H and O–H groups in total. The Labute approximate surface area is 91.3 Å². The fourth-order valence-corrected chi connectivity index (χ4v) is 1.27. The maximum atomic E-state index is 9.28. The van der Waals surface area contributed by atoms with Gasteiger partial charge in [0.25, 0.3) is 0 Å². The summed E-state index contributed by atoms with van der Waals surface area (Å²) in [6.45, 7) is 4.10. The van der Waals surface area contributed by atoms with Crippen molar-refractivity contribution < 1.29 is 9.84 Å². The monoisotopic (exact) mass is 209 g/mol. The second-order valence-corrected chi connectivity index (χ2v) is 4.23. The first kappa shape index (κ1) is 11.9. The summed E-state index contributed by atoms with van der Waals surface area (Å²) in [4.78, 5) is 2.04. The van der Waals surface area contributed by atoms with E-state index in [2.05, 4.69) is 0 Å². The second kappa shape index (κ2) is 4.53. The number of hydrogen-bond acceptors (Lipinski definition) is 3. The minimum atomic E-state index is -0.271. The zero-order valence-electron chi connectivity index (χ0n) is 9.82. The Morgan fingerprint density at radius 2 is 2.07 bits per heavy atom. The highest BCUT2D eigenvalue weighted by Gasteiger charge is 2.22. The second-order valence-electron chi connectivity index (χ2n) is 4.23. The fourth-order valence-electron chi connectivity index (χ4n) is 1.27. The number of anilines is 1. The smallest absolute Gasteiger partial charge is 0.120 e. The van der Waals surface area contributed by atoms with Crippen LogP contribution >= 0.6 is 0 Å². The van der Waals surface area contributed by atoms with Crippen molar-refractivity contribution in [2.75, 3.05) is 25.7 Å². The number of aliphatic hydroxyl groups is 1. The van der Waals surface area contributed by atoms with Crippen molar-refractivity contribution in [1.82, 2.24) is 0 Å². The molecule has 0 bridgehead atoms. The van der Waals surface area contributed by atoms with Crippen LogP contribution in [0.15, 0.2) is 24.3 Å². The zero-order chi connectivity index (χ0) is 11.5. The van der Waals surface area contributed by atoms with Gasteiger partial charge in [0.2, 0.25) is 0 Å². The van der Waals surface area contributed by atoms with Crippen LogP contribution in [0.3, 0.4) is 0 Å². The van der Waals surface area contributed by atoms with E-state index in [0.29, 0.717) is 0 Å². The van der Waals surface area contributed by atoms with E-state index in [1.807, 2.05) is 50.1 Å². The third kappa shape index (κ3) is 2.63. The summed E-state index contributed by atoms with van der Waals surface area (Å²) in [7, 11) is 3.61. The van der Waals surface area contributed by atoms with E-state index in [4.69, 9.17) is 4.74 Å². The fraction of sp³-hybridized carbons (Fsp3) is 0.500. The van der Waals surface area contributed by atoms with E-state index in [9.17, 15) is 5.11 Å². The van der Waals surface area contributed by atoms with Crippen LogP contribution in [0.1, 0.15) is 13.8 Å². The molecule has 0 aliphatic carbocycles. The maximum absolute atomic E-state index is 9.28. The average Bonchev–Trinajstić information content (AvgIpc) is 2.28. The molecule has 0 amide bonds. The van der Waals surface area contributed by atoms with Crippen LogP contribution in [0.2, 0.25) is 0 Å². The molecule has 0 aliphatic heterocycles. The van der Waals surface area contributed by atoms with Crippen molar-refractivity contribution >= 4 is 5.69 Å². The Kier molecular flexibility index (Phi) is 3.58. The van der Waals surface area contributed by atoms with Gasteiger partial charge in [-0.2, -0.15) is 0 Å². The lowest BCUT2D eigenvalue weighted by molar-refractivity contribution is 0.216. The number of aliphatic hydroxyl groups excluding tert-OH is 1. The first-order valence-electron chi connectivity index (χ1n) is 5.00. The normalized spacial score (nSPS) is 11.3. The lowest BCUT2D eigenvalue weighted by Crippen LogP contribution is -2.44. The molecule has 0 aliphatic rings. The third-order valence-electron chi connectivity index (χ3n) is 2.74. The Morgan fingerprint density at radius 3 is 2.60 bits per heavy atom. The maximum Gasteiger partial charge on any atom is 0.120 e. The molecule has 3 nitrogen and oxygen atoms in total. The van der Waals surface area contributed by atoms with Crippen LogP contribution in [0, 0.1) is 0 Å². The van der Waals surface area contributed by atoms with Gasteiger partial charge in [-0.1, -0.05) is 6.07 Å². The minimum Gasteiger partial charge on any atom is -0.497 e. The lowest BCUT2D eigenvalue weighted by Gasteiger charge is -2.36. The van der Waals surface area contributed by atoms with E-state index < -0.39 is 0 Å². The van der Waals surface area contributed by atoms with Gasteiger partial charge in [-0.05, 0) is 26.0 Å². The van der Waals surface area contributed by atoms with Crippen molar-refractivity contribution in [3.05, 3.63) is 24.3 Å². The first-order valence-corrected chi connectivity index (χ1v) is 5.00. The minimum absolute atomic E-state index is 0.112. The van der Waals surface area contributed by atoms with E-state index in [1.54, 1.807) is 7.11 Å². The molecule has 3 heteroatoms. The average molecular weight is 209 g/mol. The Hall–Kier alpha value is -1.22. The van der Waals surface area contributed by atoms with Crippen LogP contribution in [-0.4, -0.2) is 31.4 Å². The number of hydrogen-bond donors (Lipinski definition) is 1. The molecule has 0 spiro atoms. The number of likely N-dealkylation sites (N-methyl/N-ethyl adjacent to an activating group) is 1. The molecular weight excluding hydrogens is 190 g/mol. The number of nitrogens with zero attached hydrogens (tertiary/aromatic N) is 1. The number of methoxy groups -OCH3 is 1. The Bertz CT molecular complexity index is 323. The van der Waals surface area contributed by atoms with Crippen LogP contribution in [0.25, 0.3) is 0 Å². The van der Waals surface area contributed by atoms with Crippen LogP contribution in [0.5, 0.6) is 5.75 Å². The molecule has 0 saturated carbocycles. The van der Waals surface area contributed by atoms with Gasteiger partial charge in [0.1, 0.15) is 5.75 Å². The largest absolute Gasteiger partial charge is 0.497 e. The standard InChI is InChI=1S/C12H19NO2/c1-12(2,9-14)13(3)10-6-5-7-11(8-10)15-4/h5-8,14H,9H2,1-4H3. The number of rotatable bonds is 4. The molecule has 15 heavy (non-hydrogen) atoms. The molecule has 0 atom stereocenters. The molecule has 1 rings (SSSR count). The summed E-state index contributed by atoms with van der Waals surface area (Å²) in [5.41, 5.74) is 0.764. The van der Waals surface area contributed by atoms with E-state index >= 15 is 0 Å². The van der Waals surface area contributed by atoms with Crippen LogP contribution < -0.4 is 9.64 Å². The van der Waals surface area contributed by atoms with Crippen molar-refractivity contribution in [2.45, 2.75) is 19.4 Å². The Morgan fingerprint density at radius 1 is 1.40 bits per heavy atom. The van der Waals surface area contributed by atoms with E-state index in [0.717, 1.165) is 11.4 Å². The molecule has 1 aromatic rings. The van der Waals surface area contributed by atoms with Crippen LogP contribution in [0.4, 0.5) is 5.69 Å². The summed E-state index contributed by atoms with van der Waals surface area (Å²) >= 11 is 0. The van der Waals surface area contributed by atoms with Crippen molar-refractivity contribution in [1.29, 1.82) is 0 Å². The van der Waals surface area contributed by atoms with Gasteiger partial charge in [0, 0.05) is 18.8 Å². The first-order chi connectivity index (χ1) is 7.01. The molecule has 0 unspecified atom stereocenters. The highest BCUT2D eigenvalue weighted by atomic mass is 16.5. The van der Waals surface area contributed by atoms with Gasteiger partial charge in [-0.3, -0.25) is 0 Å². The lowest BCUT2D eigenvalue weighted by atomic mass is 10.0.